The van der Waals surface area contributed by atoms with Gasteiger partial charge in [-0.05, 0) is 60.2 Å². The first-order valence-corrected chi connectivity index (χ1v) is 12.3. The van der Waals surface area contributed by atoms with Gasteiger partial charge in [0.1, 0.15) is 17.9 Å². The normalized spacial score (nSPS) is 16.4. The van der Waals surface area contributed by atoms with E-state index in [2.05, 4.69) is 13.0 Å². The zero-order chi connectivity index (χ0) is 24.8. The molecule has 0 saturated carbocycles. The van der Waals surface area contributed by atoms with Gasteiger partial charge in [-0.1, -0.05) is 66.2 Å². The van der Waals surface area contributed by atoms with Crippen molar-refractivity contribution < 1.29 is 19.4 Å². The van der Waals surface area contributed by atoms with Crippen LogP contribution in [-0.4, -0.2) is 40.6 Å². The molecule has 1 atom stereocenters. The summed E-state index contributed by atoms with van der Waals surface area (Å²) in [5.41, 5.74) is 4.11. The number of halogens is 1. The van der Waals surface area contributed by atoms with E-state index in [0.29, 0.717) is 19.4 Å². The number of amides is 1. The Morgan fingerprint density at radius 3 is 2.40 bits per heavy atom. The maximum absolute atomic E-state index is 12.9. The summed E-state index contributed by atoms with van der Waals surface area (Å²) in [5, 5.41) is 9.99. The molecule has 1 aliphatic heterocycles. The molecular formula is C29H30ClNO4. The lowest BCUT2D eigenvalue weighted by atomic mass is 9.91. The molecule has 1 heterocycles. The van der Waals surface area contributed by atoms with Gasteiger partial charge in [0.25, 0.3) is 0 Å². The van der Waals surface area contributed by atoms with Crippen LogP contribution in [0, 0.1) is 0 Å². The van der Waals surface area contributed by atoms with Gasteiger partial charge in [-0.2, -0.15) is 0 Å². The van der Waals surface area contributed by atoms with Crippen molar-refractivity contribution in [1.29, 1.82) is 0 Å². The zero-order valence-electron chi connectivity index (χ0n) is 19.9. The Hall–Kier alpha value is -3.31. The van der Waals surface area contributed by atoms with E-state index in [-0.39, 0.29) is 24.5 Å². The standard InChI is InChI=1S/C29H30ClNO4/c1-29(18-23-7-11-25(30)12-8-23)19-24-17-22(9-13-26(24)35-29)10-14-27(32)31(20-28(33)34)16-15-21-5-3-2-4-6-21/h2-9,11-13,17H,10,14-16,18-20H2,1H3,(H,33,34)/t29-/m1/s1. The van der Waals surface area contributed by atoms with Crippen molar-refractivity contribution >= 4 is 23.5 Å². The molecule has 4 rings (SSSR count). The molecule has 0 unspecified atom stereocenters. The molecule has 6 heteroatoms. The summed E-state index contributed by atoms with van der Waals surface area (Å²) in [5.74, 6) is -0.263. The third-order valence-corrected chi connectivity index (χ3v) is 6.61. The molecule has 3 aromatic carbocycles. The second-order valence-electron chi connectivity index (χ2n) is 9.42. The van der Waals surface area contributed by atoms with Crippen LogP contribution in [0.4, 0.5) is 0 Å². The summed E-state index contributed by atoms with van der Waals surface area (Å²) in [6.45, 7) is 2.21. The van der Waals surface area contributed by atoms with E-state index < -0.39 is 5.97 Å². The number of aliphatic carboxylic acids is 1. The summed E-state index contributed by atoms with van der Waals surface area (Å²) in [4.78, 5) is 25.6. The Kier molecular flexibility index (Phi) is 7.76. The van der Waals surface area contributed by atoms with Gasteiger partial charge < -0.3 is 14.7 Å². The molecule has 1 aliphatic rings. The molecule has 0 bridgehead atoms. The number of ether oxygens (including phenoxy) is 1. The number of carboxylic acid groups (broad SMARTS) is 1. The highest BCUT2D eigenvalue weighted by Gasteiger charge is 2.35. The smallest absolute Gasteiger partial charge is 0.323 e. The highest BCUT2D eigenvalue weighted by atomic mass is 35.5. The van der Waals surface area contributed by atoms with Crippen molar-refractivity contribution in [3.8, 4) is 5.75 Å². The van der Waals surface area contributed by atoms with Crippen molar-refractivity contribution in [1.82, 2.24) is 4.90 Å². The molecule has 0 saturated heterocycles. The van der Waals surface area contributed by atoms with Crippen LogP contribution >= 0.6 is 11.6 Å². The van der Waals surface area contributed by atoms with Gasteiger partial charge in [0.15, 0.2) is 0 Å². The minimum Gasteiger partial charge on any atom is -0.487 e. The molecule has 0 spiro atoms. The molecule has 0 aromatic heterocycles. The molecule has 0 aliphatic carbocycles. The number of rotatable bonds is 10. The maximum Gasteiger partial charge on any atom is 0.323 e. The second-order valence-corrected chi connectivity index (χ2v) is 9.86. The van der Waals surface area contributed by atoms with E-state index in [0.717, 1.165) is 40.3 Å². The average Bonchev–Trinajstić information content (AvgIpc) is 3.17. The monoisotopic (exact) mass is 491 g/mol. The van der Waals surface area contributed by atoms with Crippen LogP contribution in [-0.2, 0) is 35.3 Å². The number of aryl methyl sites for hydroxylation is 1. The summed E-state index contributed by atoms with van der Waals surface area (Å²) >= 11 is 6.01. The Labute approximate surface area is 211 Å². The lowest BCUT2D eigenvalue weighted by Crippen LogP contribution is -2.37. The van der Waals surface area contributed by atoms with Crippen molar-refractivity contribution in [3.63, 3.8) is 0 Å². The number of hydrogen-bond acceptors (Lipinski definition) is 3. The van der Waals surface area contributed by atoms with Gasteiger partial charge in [0.05, 0.1) is 0 Å². The minimum absolute atomic E-state index is 0.146. The fourth-order valence-corrected chi connectivity index (χ4v) is 4.76. The van der Waals surface area contributed by atoms with E-state index in [1.54, 1.807) is 0 Å². The Balaban J connectivity index is 1.35. The van der Waals surface area contributed by atoms with Gasteiger partial charge >= 0.3 is 5.97 Å². The summed E-state index contributed by atoms with van der Waals surface area (Å²) in [6, 6.07) is 23.7. The van der Waals surface area contributed by atoms with Gasteiger partial charge in [0, 0.05) is 30.8 Å². The third-order valence-electron chi connectivity index (χ3n) is 6.36. The van der Waals surface area contributed by atoms with Crippen LogP contribution < -0.4 is 4.74 Å². The van der Waals surface area contributed by atoms with Gasteiger partial charge in [-0.25, -0.2) is 0 Å². The quantitative estimate of drug-likeness (QED) is 0.414. The first kappa shape index (κ1) is 24.8. The number of carbonyl (C=O) groups is 2. The predicted octanol–water partition coefficient (Wildman–Crippen LogP) is 5.36. The second kappa shape index (κ2) is 11.0. The zero-order valence-corrected chi connectivity index (χ0v) is 20.6. The summed E-state index contributed by atoms with van der Waals surface area (Å²) < 4.78 is 6.29. The number of benzene rings is 3. The fraction of sp³-hybridized carbons (Fsp3) is 0.310. The van der Waals surface area contributed by atoms with Crippen molar-refractivity contribution in [2.75, 3.05) is 13.1 Å². The topological polar surface area (TPSA) is 66.8 Å². The molecule has 0 fully saturated rings. The Morgan fingerprint density at radius 1 is 0.971 bits per heavy atom. The van der Waals surface area contributed by atoms with Crippen molar-refractivity contribution in [3.05, 3.63) is 100 Å². The highest BCUT2D eigenvalue weighted by Crippen LogP contribution is 2.37. The first-order valence-electron chi connectivity index (χ1n) is 11.9. The predicted molar refractivity (Wildman–Crippen MR) is 137 cm³/mol. The van der Waals surface area contributed by atoms with E-state index in [1.807, 2.05) is 66.7 Å². The van der Waals surface area contributed by atoms with Crippen LogP contribution in [0.15, 0.2) is 72.8 Å². The number of carboxylic acids is 1. The molecule has 182 valence electrons. The molecule has 1 amide bonds. The van der Waals surface area contributed by atoms with Crippen molar-refractivity contribution in [2.24, 2.45) is 0 Å². The first-order chi connectivity index (χ1) is 16.8. The van der Waals surface area contributed by atoms with Crippen LogP contribution in [0.3, 0.4) is 0 Å². The molecular weight excluding hydrogens is 462 g/mol. The minimum atomic E-state index is -0.999. The van der Waals surface area contributed by atoms with Gasteiger partial charge in [0.2, 0.25) is 5.91 Å². The SMILES string of the molecule is C[C@@]1(Cc2ccc(Cl)cc2)Cc2cc(CCC(=O)N(CCc3ccccc3)CC(=O)O)ccc2O1. The lowest BCUT2D eigenvalue weighted by Gasteiger charge is -2.24. The molecule has 3 aromatic rings. The molecule has 5 nitrogen and oxygen atoms in total. The number of nitrogens with zero attached hydrogens (tertiary/aromatic N) is 1. The molecule has 35 heavy (non-hydrogen) atoms. The fourth-order valence-electron chi connectivity index (χ4n) is 4.64. The van der Waals surface area contributed by atoms with Crippen LogP contribution in [0.2, 0.25) is 5.02 Å². The van der Waals surface area contributed by atoms with E-state index in [9.17, 15) is 14.7 Å². The number of fused-ring (bicyclic) bond motifs is 1. The Morgan fingerprint density at radius 2 is 1.69 bits per heavy atom. The summed E-state index contributed by atoms with van der Waals surface area (Å²) in [6.07, 6.45) is 3.01. The van der Waals surface area contributed by atoms with E-state index in [4.69, 9.17) is 16.3 Å². The van der Waals surface area contributed by atoms with Crippen LogP contribution in [0.1, 0.15) is 35.6 Å². The van der Waals surface area contributed by atoms with Crippen LogP contribution in [0.5, 0.6) is 5.75 Å². The van der Waals surface area contributed by atoms with Gasteiger partial charge in [-0.15, -0.1) is 0 Å². The largest absolute Gasteiger partial charge is 0.487 e. The highest BCUT2D eigenvalue weighted by molar-refractivity contribution is 6.30. The lowest BCUT2D eigenvalue weighted by molar-refractivity contribution is -0.144. The maximum atomic E-state index is 12.9. The van der Waals surface area contributed by atoms with Crippen molar-refractivity contribution in [2.45, 2.75) is 44.6 Å². The number of carbonyl (C=O) groups excluding carboxylic acids is 1. The van der Waals surface area contributed by atoms with Gasteiger partial charge in [-0.3, -0.25) is 9.59 Å². The third kappa shape index (κ3) is 6.86. The van der Waals surface area contributed by atoms with Crippen LogP contribution in [0.25, 0.3) is 0 Å². The van der Waals surface area contributed by atoms with E-state index in [1.165, 1.54) is 10.5 Å². The molecule has 0 radical (unpaired) electrons. The van der Waals surface area contributed by atoms with E-state index >= 15 is 0 Å². The average molecular weight is 492 g/mol. The summed E-state index contributed by atoms with van der Waals surface area (Å²) in [7, 11) is 0. The number of hydrogen-bond donors (Lipinski definition) is 1. The Bertz CT molecular complexity index is 1180. The molecule has 1 N–H and O–H groups in total.